The Labute approximate surface area is 175 Å². The number of aryl methyl sites for hydroxylation is 1. The van der Waals surface area contributed by atoms with Gasteiger partial charge in [0.15, 0.2) is 5.43 Å². The Balaban J connectivity index is 1.90. The van der Waals surface area contributed by atoms with Crippen molar-refractivity contribution in [2.75, 3.05) is 26.9 Å². The molecule has 0 saturated carbocycles. The van der Waals surface area contributed by atoms with Crippen LogP contribution in [0.2, 0.25) is 0 Å². The molecule has 4 rings (SSSR count). The van der Waals surface area contributed by atoms with Crippen molar-refractivity contribution in [2.24, 2.45) is 0 Å². The van der Waals surface area contributed by atoms with E-state index in [1.165, 1.54) is 0 Å². The number of fused-ring (bicyclic) bond motifs is 2. The molecule has 0 N–H and O–H groups in total. The minimum atomic E-state index is -0.547. The molecule has 1 aromatic heterocycles. The van der Waals surface area contributed by atoms with Crippen molar-refractivity contribution in [3.63, 3.8) is 0 Å². The van der Waals surface area contributed by atoms with Crippen LogP contribution >= 0.6 is 0 Å². The largest absolute Gasteiger partial charge is 0.494 e. The summed E-state index contributed by atoms with van der Waals surface area (Å²) >= 11 is 0. The fraction of sp³-hybridized carbons (Fsp3) is 0.333. The molecule has 1 aliphatic heterocycles. The normalized spacial score (nSPS) is 15.6. The molecule has 0 spiro atoms. The SMILES string of the molecule is CCCOc1cccc(C2c3c(oc4ccc(C)cc4c3=O)C(=O)N2CCOC)c1. The lowest BCUT2D eigenvalue weighted by Crippen LogP contribution is -2.32. The van der Waals surface area contributed by atoms with Crippen LogP contribution in [0.15, 0.2) is 51.7 Å². The number of methoxy groups -OCH3 is 1. The van der Waals surface area contributed by atoms with Crippen LogP contribution in [-0.2, 0) is 4.74 Å². The maximum absolute atomic E-state index is 13.5. The van der Waals surface area contributed by atoms with E-state index in [9.17, 15) is 9.59 Å². The molecule has 0 bridgehead atoms. The van der Waals surface area contributed by atoms with E-state index >= 15 is 0 Å². The third-order valence-corrected chi connectivity index (χ3v) is 5.30. The zero-order valence-electron chi connectivity index (χ0n) is 17.4. The van der Waals surface area contributed by atoms with Gasteiger partial charge in [-0.25, -0.2) is 0 Å². The fourth-order valence-electron chi connectivity index (χ4n) is 3.90. The van der Waals surface area contributed by atoms with Gasteiger partial charge in [0.25, 0.3) is 5.91 Å². The van der Waals surface area contributed by atoms with Crippen LogP contribution in [-0.4, -0.2) is 37.7 Å². The summed E-state index contributed by atoms with van der Waals surface area (Å²) in [6.45, 7) is 5.27. The number of carbonyl (C=O) groups is 1. The maximum atomic E-state index is 13.5. The summed E-state index contributed by atoms with van der Waals surface area (Å²) < 4.78 is 16.9. The lowest BCUT2D eigenvalue weighted by molar-refractivity contribution is 0.0663. The van der Waals surface area contributed by atoms with Crippen LogP contribution in [0.1, 0.15) is 46.6 Å². The Morgan fingerprint density at radius 2 is 1.93 bits per heavy atom. The average molecular weight is 407 g/mol. The van der Waals surface area contributed by atoms with Gasteiger partial charge in [-0.2, -0.15) is 0 Å². The standard InChI is InChI=1S/C24H25NO5/c1-4-11-29-17-7-5-6-16(14-17)21-20-22(26)18-13-15(2)8-9-19(18)30-23(20)24(27)25(21)10-12-28-3/h5-9,13-14,21H,4,10-12H2,1-3H3. The number of carbonyl (C=O) groups excluding carboxylic acids is 1. The highest BCUT2D eigenvalue weighted by Crippen LogP contribution is 2.38. The van der Waals surface area contributed by atoms with Crippen LogP contribution in [0, 0.1) is 6.92 Å². The van der Waals surface area contributed by atoms with Gasteiger partial charge in [-0.15, -0.1) is 0 Å². The van der Waals surface area contributed by atoms with E-state index < -0.39 is 6.04 Å². The van der Waals surface area contributed by atoms with Crippen molar-refractivity contribution in [1.29, 1.82) is 0 Å². The lowest BCUT2D eigenvalue weighted by atomic mass is 9.98. The highest BCUT2D eigenvalue weighted by atomic mass is 16.5. The van der Waals surface area contributed by atoms with Gasteiger partial charge in [-0.1, -0.05) is 30.7 Å². The zero-order valence-corrected chi connectivity index (χ0v) is 17.4. The van der Waals surface area contributed by atoms with Crippen LogP contribution < -0.4 is 10.2 Å². The molecule has 1 unspecified atom stereocenters. The maximum Gasteiger partial charge on any atom is 0.290 e. The molecular formula is C24H25NO5. The summed E-state index contributed by atoms with van der Waals surface area (Å²) in [7, 11) is 1.59. The fourth-order valence-corrected chi connectivity index (χ4v) is 3.90. The second-order valence-corrected chi connectivity index (χ2v) is 7.49. The molecule has 6 nitrogen and oxygen atoms in total. The summed E-state index contributed by atoms with van der Waals surface area (Å²) in [5.74, 6) is 0.520. The van der Waals surface area contributed by atoms with E-state index in [1.54, 1.807) is 18.1 Å². The summed E-state index contributed by atoms with van der Waals surface area (Å²) in [6.07, 6.45) is 0.893. The molecule has 30 heavy (non-hydrogen) atoms. The van der Waals surface area contributed by atoms with Gasteiger partial charge < -0.3 is 18.8 Å². The van der Waals surface area contributed by atoms with Crippen molar-refractivity contribution < 1.29 is 18.7 Å². The second-order valence-electron chi connectivity index (χ2n) is 7.49. The van der Waals surface area contributed by atoms with E-state index in [0.717, 1.165) is 17.5 Å². The predicted octanol–water partition coefficient (Wildman–Crippen LogP) is 4.08. The number of hydrogen-bond acceptors (Lipinski definition) is 5. The highest BCUT2D eigenvalue weighted by Gasteiger charge is 2.42. The first kappa shape index (κ1) is 20.2. The first-order valence-electron chi connectivity index (χ1n) is 10.1. The third kappa shape index (κ3) is 3.48. The molecule has 0 saturated heterocycles. The van der Waals surface area contributed by atoms with Gasteiger partial charge >= 0.3 is 0 Å². The number of rotatable bonds is 7. The summed E-state index contributed by atoms with van der Waals surface area (Å²) in [6, 6.07) is 12.4. The van der Waals surface area contributed by atoms with Crippen molar-refractivity contribution in [3.05, 3.63) is 75.1 Å². The van der Waals surface area contributed by atoms with E-state index in [-0.39, 0.29) is 17.1 Å². The summed E-state index contributed by atoms with van der Waals surface area (Å²) in [4.78, 5) is 28.3. The van der Waals surface area contributed by atoms with E-state index in [4.69, 9.17) is 13.9 Å². The van der Waals surface area contributed by atoms with Gasteiger partial charge in [-0.3, -0.25) is 9.59 Å². The van der Waals surface area contributed by atoms with E-state index in [1.807, 2.05) is 50.2 Å². The molecule has 1 atom stereocenters. The molecule has 1 amide bonds. The zero-order chi connectivity index (χ0) is 21.3. The van der Waals surface area contributed by atoms with Gasteiger partial charge in [-0.05, 0) is 43.2 Å². The number of amides is 1. The van der Waals surface area contributed by atoms with Crippen molar-refractivity contribution in [1.82, 2.24) is 4.90 Å². The Morgan fingerprint density at radius 1 is 1.10 bits per heavy atom. The number of hydrogen-bond donors (Lipinski definition) is 0. The molecule has 0 radical (unpaired) electrons. The number of nitrogens with zero attached hydrogens (tertiary/aromatic N) is 1. The Kier molecular flexibility index (Phi) is 5.59. The van der Waals surface area contributed by atoms with Crippen molar-refractivity contribution in [2.45, 2.75) is 26.3 Å². The first-order valence-corrected chi connectivity index (χ1v) is 10.1. The summed E-state index contributed by atoms with van der Waals surface area (Å²) in [5, 5.41) is 0.485. The molecule has 1 aliphatic rings. The van der Waals surface area contributed by atoms with Crippen molar-refractivity contribution in [3.8, 4) is 5.75 Å². The summed E-state index contributed by atoms with van der Waals surface area (Å²) in [5.41, 5.74) is 2.40. The molecule has 0 fully saturated rings. The predicted molar refractivity (Wildman–Crippen MR) is 114 cm³/mol. The molecule has 6 heteroatoms. The van der Waals surface area contributed by atoms with Gasteiger partial charge in [0.2, 0.25) is 5.76 Å². The molecule has 3 aromatic rings. The third-order valence-electron chi connectivity index (χ3n) is 5.30. The molecular weight excluding hydrogens is 382 g/mol. The quantitative estimate of drug-likeness (QED) is 0.590. The average Bonchev–Trinajstić information content (AvgIpc) is 3.03. The second kappa shape index (κ2) is 8.32. The topological polar surface area (TPSA) is 69.0 Å². The van der Waals surface area contributed by atoms with Crippen LogP contribution in [0.3, 0.4) is 0 Å². The first-order chi connectivity index (χ1) is 14.5. The van der Waals surface area contributed by atoms with Gasteiger partial charge in [0.1, 0.15) is 11.3 Å². The minimum absolute atomic E-state index is 0.109. The van der Waals surface area contributed by atoms with E-state index in [0.29, 0.717) is 42.0 Å². The van der Waals surface area contributed by atoms with Crippen molar-refractivity contribution >= 4 is 16.9 Å². The minimum Gasteiger partial charge on any atom is -0.494 e. The molecule has 156 valence electrons. The number of ether oxygens (including phenoxy) is 2. The smallest absolute Gasteiger partial charge is 0.290 e. The van der Waals surface area contributed by atoms with Gasteiger partial charge in [0.05, 0.1) is 30.2 Å². The van der Waals surface area contributed by atoms with Crippen LogP contribution in [0.5, 0.6) is 5.75 Å². The van der Waals surface area contributed by atoms with Crippen LogP contribution in [0.25, 0.3) is 11.0 Å². The molecule has 2 aromatic carbocycles. The molecule has 0 aliphatic carbocycles. The molecule has 2 heterocycles. The van der Waals surface area contributed by atoms with Crippen LogP contribution in [0.4, 0.5) is 0 Å². The monoisotopic (exact) mass is 407 g/mol. The lowest BCUT2D eigenvalue weighted by Gasteiger charge is -2.25. The Hall–Kier alpha value is -3.12. The highest BCUT2D eigenvalue weighted by molar-refractivity contribution is 5.99. The Bertz CT molecular complexity index is 1150. The number of benzene rings is 2. The Morgan fingerprint density at radius 3 is 2.70 bits per heavy atom. The van der Waals surface area contributed by atoms with E-state index in [2.05, 4.69) is 0 Å². The van der Waals surface area contributed by atoms with Gasteiger partial charge in [0, 0.05) is 13.7 Å².